The number of β-amino-alcohol motifs (C(OH)–C–C–N with tert-alkyl or cyclic N) is 1. The van der Waals surface area contributed by atoms with Gasteiger partial charge in [-0.05, 0) is 19.2 Å². The molecule has 0 aliphatic carbocycles. The zero-order valence-electron chi connectivity index (χ0n) is 14.4. The highest BCUT2D eigenvalue weighted by atomic mass is 35.5. The average Bonchev–Trinajstić information content (AvgIpc) is 3.04. The van der Waals surface area contributed by atoms with E-state index in [2.05, 4.69) is 9.88 Å². The lowest BCUT2D eigenvalue weighted by Gasteiger charge is -2.29. The molecule has 0 saturated carbocycles. The number of oxazole rings is 1. The maximum absolute atomic E-state index is 10.3. The summed E-state index contributed by atoms with van der Waals surface area (Å²) in [7, 11) is 1.95. The first-order chi connectivity index (χ1) is 12.1. The molecular weight excluding hydrogens is 342 g/mol. The van der Waals surface area contributed by atoms with Crippen molar-refractivity contribution >= 4 is 11.6 Å². The Morgan fingerprint density at radius 1 is 1.32 bits per heavy atom. The number of halogens is 1. The molecular formula is C18H24ClN3O3. The summed E-state index contributed by atoms with van der Waals surface area (Å²) in [6.45, 7) is 4.98. The van der Waals surface area contributed by atoms with E-state index in [4.69, 9.17) is 20.8 Å². The van der Waals surface area contributed by atoms with E-state index in [1.165, 1.54) is 0 Å². The molecule has 0 amide bonds. The molecule has 1 fully saturated rings. The molecule has 2 heterocycles. The van der Waals surface area contributed by atoms with Crippen LogP contribution >= 0.6 is 11.6 Å². The lowest BCUT2D eigenvalue weighted by molar-refractivity contribution is 0.00784. The minimum Gasteiger partial charge on any atom is -0.439 e. The van der Waals surface area contributed by atoms with Crippen LogP contribution in [-0.2, 0) is 11.3 Å². The van der Waals surface area contributed by atoms with Crippen LogP contribution in [0.4, 0.5) is 0 Å². The highest BCUT2D eigenvalue weighted by Gasteiger charge is 2.17. The number of nitrogens with zero attached hydrogens (tertiary/aromatic N) is 3. The Hall–Kier alpha value is -1.44. The standard InChI is InChI=1S/C18H24ClN3O3/c1-21(11-14(23)12-22-6-8-24-9-7-22)13-18-20-10-17(25-18)15-4-2-3-5-16(15)19/h2-5,10,14,23H,6-9,11-13H2,1H3. The second-order valence-corrected chi connectivity index (χ2v) is 6.77. The van der Waals surface area contributed by atoms with E-state index in [0.717, 1.165) is 31.9 Å². The Balaban J connectivity index is 1.51. The molecule has 6 nitrogen and oxygen atoms in total. The highest BCUT2D eigenvalue weighted by Crippen LogP contribution is 2.28. The van der Waals surface area contributed by atoms with Crippen molar-refractivity contribution in [2.75, 3.05) is 46.4 Å². The molecule has 25 heavy (non-hydrogen) atoms. The maximum atomic E-state index is 10.3. The molecule has 1 aliphatic heterocycles. The van der Waals surface area contributed by atoms with Crippen molar-refractivity contribution in [3.05, 3.63) is 41.4 Å². The summed E-state index contributed by atoms with van der Waals surface area (Å²) in [5.74, 6) is 1.26. The molecule has 1 N–H and O–H groups in total. The lowest BCUT2D eigenvalue weighted by atomic mass is 10.2. The summed E-state index contributed by atoms with van der Waals surface area (Å²) in [6, 6.07) is 7.53. The number of rotatable bonds is 7. The fourth-order valence-corrected chi connectivity index (χ4v) is 3.19. The van der Waals surface area contributed by atoms with Crippen LogP contribution in [0.1, 0.15) is 5.89 Å². The van der Waals surface area contributed by atoms with Gasteiger partial charge < -0.3 is 14.3 Å². The van der Waals surface area contributed by atoms with E-state index >= 15 is 0 Å². The van der Waals surface area contributed by atoms with Crippen molar-refractivity contribution in [1.82, 2.24) is 14.8 Å². The number of hydrogen-bond donors (Lipinski definition) is 1. The second kappa shape index (κ2) is 8.78. The van der Waals surface area contributed by atoms with Crippen LogP contribution in [0.3, 0.4) is 0 Å². The van der Waals surface area contributed by atoms with Gasteiger partial charge in [0.1, 0.15) is 0 Å². The van der Waals surface area contributed by atoms with Crippen molar-refractivity contribution in [2.24, 2.45) is 0 Å². The van der Waals surface area contributed by atoms with Crippen molar-refractivity contribution in [3.8, 4) is 11.3 Å². The van der Waals surface area contributed by atoms with Gasteiger partial charge in [-0.3, -0.25) is 9.80 Å². The summed E-state index contributed by atoms with van der Waals surface area (Å²) in [5, 5.41) is 10.9. The van der Waals surface area contributed by atoms with E-state index in [-0.39, 0.29) is 0 Å². The smallest absolute Gasteiger partial charge is 0.209 e. The molecule has 1 aliphatic rings. The number of ether oxygens (including phenoxy) is 1. The Labute approximate surface area is 153 Å². The van der Waals surface area contributed by atoms with E-state index in [0.29, 0.717) is 36.3 Å². The second-order valence-electron chi connectivity index (χ2n) is 6.36. The molecule has 1 atom stereocenters. The van der Waals surface area contributed by atoms with Crippen LogP contribution in [0.2, 0.25) is 5.02 Å². The van der Waals surface area contributed by atoms with Gasteiger partial charge in [0, 0.05) is 31.7 Å². The summed E-state index contributed by atoms with van der Waals surface area (Å²) < 4.78 is 11.1. The molecule has 0 radical (unpaired) electrons. The molecule has 7 heteroatoms. The van der Waals surface area contributed by atoms with Gasteiger partial charge in [-0.25, -0.2) is 4.98 Å². The predicted molar refractivity (Wildman–Crippen MR) is 96.5 cm³/mol. The highest BCUT2D eigenvalue weighted by molar-refractivity contribution is 6.33. The molecule has 1 aromatic heterocycles. The summed E-state index contributed by atoms with van der Waals surface area (Å²) in [6.07, 6.45) is 1.27. The van der Waals surface area contributed by atoms with Gasteiger partial charge >= 0.3 is 0 Å². The first-order valence-electron chi connectivity index (χ1n) is 8.48. The molecule has 1 unspecified atom stereocenters. The minimum atomic E-state index is -0.416. The maximum Gasteiger partial charge on any atom is 0.209 e. The van der Waals surface area contributed by atoms with Crippen LogP contribution in [0, 0.1) is 0 Å². The first kappa shape index (κ1) is 18.4. The van der Waals surface area contributed by atoms with Crippen LogP contribution in [0.5, 0.6) is 0 Å². The monoisotopic (exact) mass is 365 g/mol. The average molecular weight is 366 g/mol. The number of morpholine rings is 1. The fraction of sp³-hybridized carbons (Fsp3) is 0.500. The predicted octanol–water partition coefficient (Wildman–Crippen LogP) is 2.12. The number of aliphatic hydroxyl groups is 1. The van der Waals surface area contributed by atoms with E-state index in [1.807, 2.05) is 36.2 Å². The Bertz CT molecular complexity index is 673. The fourth-order valence-electron chi connectivity index (χ4n) is 2.96. The Morgan fingerprint density at radius 3 is 2.84 bits per heavy atom. The zero-order valence-corrected chi connectivity index (χ0v) is 15.2. The van der Waals surface area contributed by atoms with Gasteiger partial charge in [0.05, 0.1) is 37.1 Å². The minimum absolute atomic E-state index is 0.416. The number of hydrogen-bond acceptors (Lipinski definition) is 6. The number of benzene rings is 1. The van der Waals surface area contributed by atoms with Crippen molar-refractivity contribution < 1.29 is 14.3 Å². The normalized spacial score (nSPS) is 17.1. The topological polar surface area (TPSA) is 62.0 Å². The molecule has 2 aromatic rings. The van der Waals surface area contributed by atoms with Crippen molar-refractivity contribution in [1.29, 1.82) is 0 Å². The molecule has 1 saturated heterocycles. The number of likely N-dealkylation sites (N-methyl/N-ethyl adjacent to an activating group) is 1. The third-order valence-corrected chi connectivity index (χ3v) is 4.52. The lowest BCUT2D eigenvalue weighted by Crippen LogP contribution is -2.43. The van der Waals surface area contributed by atoms with Crippen LogP contribution in [-0.4, -0.2) is 72.4 Å². The summed E-state index contributed by atoms with van der Waals surface area (Å²) in [4.78, 5) is 8.55. The largest absolute Gasteiger partial charge is 0.439 e. The third-order valence-electron chi connectivity index (χ3n) is 4.19. The van der Waals surface area contributed by atoms with Crippen molar-refractivity contribution in [3.63, 3.8) is 0 Å². The van der Waals surface area contributed by atoms with Gasteiger partial charge in [0.15, 0.2) is 5.76 Å². The van der Waals surface area contributed by atoms with Gasteiger partial charge in [-0.1, -0.05) is 23.7 Å². The SMILES string of the molecule is CN(Cc1ncc(-c2ccccc2Cl)o1)CC(O)CN1CCOCC1. The number of aromatic nitrogens is 1. The first-order valence-corrected chi connectivity index (χ1v) is 8.86. The van der Waals surface area contributed by atoms with Crippen LogP contribution in [0.15, 0.2) is 34.9 Å². The van der Waals surface area contributed by atoms with Gasteiger partial charge in [0.25, 0.3) is 0 Å². The van der Waals surface area contributed by atoms with E-state index in [9.17, 15) is 5.11 Å². The molecule has 136 valence electrons. The van der Waals surface area contributed by atoms with Gasteiger partial charge in [0.2, 0.25) is 5.89 Å². The van der Waals surface area contributed by atoms with Crippen LogP contribution < -0.4 is 0 Å². The molecule has 0 bridgehead atoms. The molecule has 0 spiro atoms. The van der Waals surface area contributed by atoms with Gasteiger partial charge in [-0.2, -0.15) is 0 Å². The summed E-state index contributed by atoms with van der Waals surface area (Å²) >= 11 is 6.19. The quantitative estimate of drug-likeness (QED) is 0.811. The Morgan fingerprint density at radius 2 is 2.08 bits per heavy atom. The third kappa shape index (κ3) is 5.26. The number of aliphatic hydroxyl groups excluding tert-OH is 1. The molecule has 1 aromatic carbocycles. The summed E-state index contributed by atoms with van der Waals surface area (Å²) in [5.41, 5.74) is 0.831. The van der Waals surface area contributed by atoms with Gasteiger partial charge in [-0.15, -0.1) is 0 Å². The van der Waals surface area contributed by atoms with E-state index in [1.54, 1.807) is 6.20 Å². The molecule has 3 rings (SSSR count). The van der Waals surface area contributed by atoms with Crippen molar-refractivity contribution in [2.45, 2.75) is 12.6 Å². The Kier molecular flexibility index (Phi) is 6.45. The van der Waals surface area contributed by atoms with E-state index < -0.39 is 6.10 Å². The zero-order chi connectivity index (χ0) is 17.6. The van der Waals surface area contributed by atoms with Crippen LogP contribution in [0.25, 0.3) is 11.3 Å².